The van der Waals surface area contributed by atoms with Crippen molar-refractivity contribution in [3.63, 3.8) is 0 Å². The SMILES string of the molecule is N#CC1(ON([O-])O)CCCCC1. The maximum atomic E-state index is 10.2. The molecule has 1 N–H and O–H groups in total. The molecular weight excluding hydrogens is 160 g/mol. The summed E-state index contributed by atoms with van der Waals surface area (Å²) in [4.78, 5) is 4.50. The molecule has 0 aromatic rings. The molecule has 0 aliphatic heterocycles. The van der Waals surface area contributed by atoms with Crippen LogP contribution in [0.4, 0.5) is 0 Å². The Morgan fingerprint density at radius 3 is 2.42 bits per heavy atom. The Hall–Kier alpha value is -0.670. The predicted molar refractivity (Wildman–Crippen MR) is 39.5 cm³/mol. The van der Waals surface area contributed by atoms with E-state index >= 15 is 0 Å². The summed E-state index contributed by atoms with van der Waals surface area (Å²) in [5.41, 5.74) is -1.09. The first kappa shape index (κ1) is 9.42. The van der Waals surface area contributed by atoms with E-state index in [1.165, 1.54) is 0 Å². The van der Waals surface area contributed by atoms with Crippen LogP contribution in [0.15, 0.2) is 0 Å². The average molecular weight is 171 g/mol. The lowest BCUT2D eigenvalue weighted by atomic mass is 9.86. The van der Waals surface area contributed by atoms with Crippen LogP contribution >= 0.6 is 0 Å². The van der Waals surface area contributed by atoms with Gasteiger partial charge in [0.25, 0.3) is 0 Å². The fourth-order valence-corrected chi connectivity index (χ4v) is 1.50. The summed E-state index contributed by atoms with van der Waals surface area (Å²) in [6, 6.07) is 1.92. The van der Waals surface area contributed by atoms with Gasteiger partial charge in [0.1, 0.15) is 0 Å². The van der Waals surface area contributed by atoms with E-state index in [4.69, 9.17) is 10.5 Å². The Morgan fingerprint density at radius 2 is 2.00 bits per heavy atom. The van der Waals surface area contributed by atoms with E-state index in [1.807, 2.05) is 6.07 Å². The highest BCUT2D eigenvalue weighted by atomic mass is 17.1. The average Bonchev–Trinajstić information content (AvgIpc) is 2.05. The Kier molecular flexibility index (Phi) is 3.00. The van der Waals surface area contributed by atoms with Crippen molar-refractivity contribution in [3.05, 3.63) is 5.21 Å². The molecule has 0 unspecified atom stereocenters. The number of rotatable bonds is 2. The van der Waals surface area contributed by atoms with E-state index in [2.05, 4.69) is 4.84 Å². The Morgan fingerprint density at radius 1 is 1.42 bits per heavy atom. The smallest absolute Gasteiger partial charge is 0.177 e. The topological polar surface area (TPSA) is 79.5 Å². The van der Waals surface area contributed by atoms with Gasteiger partial charge in [0.05, 0.1) is 6.07 Å². The largest absolute Gasteiger partial charge is 0.738 e. The molecule has 0 radical (unpaired) electrons. The molecule has 1 aliphatic carbocycles. The van der Waals surface area contributed by atoms with Crippen molar-refractivity contribution >= 4 is 0 Å². The number of nitriles is 1. The van der Waals surface area contributed by atoms with Crippen LogP contribution in [0.3, 0.4) is 0 Å². The summed E-state index contributed by atoms with van der Waals surface area (Å²) in [7, 11) is 0. The maximum absolute atomic E-state index is 10.2. The minimum Gasteiger partial charge on any atom is -0.738 e. The molecule has 5 nitrogen and oxygen atoms in total. The third kappa shape index (κ3) is 2.16. The molecule has 0 aromatic carbocycles. The molecular formula is C7H11N2O3-. The van der Waals surface area contributed by atoms with Gasteiger partial charge in [0.2, 0.25) is 0 Å². The fraction of sp³-hybridized carbons (Fsp3) is 0.857. The van der Waals surface area contributed by atoms with Crippen molar-refractivity contribution in [1.82, 2.24) is 5.39 Å². The molecule has 0 heterocycles. The Bertz CT molecular complexity index is 182. The van der Waals surface area contributed by atoms with Crippen LogP contribution in [-0.4, -0.2) is 16.2 Å². The van der Waals surface area contributed by atoms with E-state index in [9.17, 15) is 5.21 Å². The lowest BCUT2D eigenvalue weighted by Crippen LogP contribution is -2.37. The molecule has 0 saturated heterocycles. The highest BCUT2D eigenvalue weighted by Crippen LogP contribution is 2.31. The summed E-state index contributed by atoms with van der Waals surface area (Å²) in [6.07, 6.45) is 3.81. The second-order valence-electron chi connectivity index (χ2n) is 3.00. The van der Waals surface area contributed by atoms with Crippen molar-refractivity contribution in [2.75, 3.05) is 0 Å². The monoisotopic (exact) mass is 171 g/mol. The molecule has 1 rings (SSSR count). The molecule has 0 bridgehead atoms. The van der Waals surface area contributed by atoms with Crippen molar-refractivity contribution in [3.8, 4) is 6.07 Å². The van der Waals surface area contributed by atoms with Crippen LogP contribution in [0.1, 0.15) is 32.1 Å². The normalized spacial score (nSPS) is 22.2. The molecule has 0 atom stereocenters. The van der Waals surface area contributed by atoms with E-state index in [0.29, 0.717) is 12.8 Å². The number of hydrogen-bond donors (Lipinski definition) is 1. The van der Waals surface area contributed by atoms with Gasteiger partial charge in [-0.2, -0.15) is 5.26 Å². The maximum Gasteiger partial charge on any atom is 0.177 e. The quantitative estimate of drug-likeness (QED) is 0.634. The van der Waals surface area contributed by atoms with Crippen molar-refractivity contribution in [2.45, 2.75) is 37.7 Å². The standard InChI is InChI=1S/C7H11N2O3/c8-6-7(12-9(10)11)4-2-1-3-5-7/h10H,1-5H2/q-1. The van der Waals surface area contributed by atoms with Gasteiger partial charge in [0.15, 0.2) is 5.60 Å². The lowest BCUT2D eigenvalue weighted by molar-refractivity contribution is -0.349. The van der Waals surface area contributed by atoms with E-state index in [0.717, 1.165) is 19.3 Å². The highest BCUT2D eigenvalue weighted by molar-refractivity contribution is 5.02. The summed E-state index contributed by atoms with van der Waals surface area (Å²) < 4.78 is 0. The molecule has 1 aliphatic rings. The second-order valence-corrected chi connectivity index (χ2v) is 3.00. The number of nitrogens with zero attached hydrogens (tertiary/aromatic N) is 2. The molecule has 68 valence electrons. The van der Waals surface area contributed by atoms with Gasteiger partial charge in [-0.3, -0.25) is 4.84 Å². The van der Waals surface area contributed by atoms with Crippen LogP contribution in [0.5, 0.6) is 0 Å². The number of hydrogen-bond acceptors (Lipinski definition) is 5. The summed E-state index contributed by atoms with van der Waals surface area (Å²) in [5.74, 6) is 0. The van der Waals surface area contributed by atoms with Crippen molar-refractivity contribution in [2.24, 2.45) is 0 Å². The zero-order chi connectivity index (χ0) is 9.03. The van der Waals surface area contributed by atoms with Gasteiger partial charge < -0.3 is 10.4 Å². The van der Waals surface area contributed by atoms with Crippen molar-refractivity contribution in [1.29, 1.82) is 5.26 Å². The van der Waals surface area contributed by atoms with Crippen molar-refractivity contribution < 1.29 is 10.0 Å². The molecule has 0 spiro atoms. The van der Waals surface area contributed by atoms with Gasteiger partial charge in [-0.05, 0) is 25.7 Å². The van der Waals surface area contributed by atoms with Crippen LogP contribution in [0.25, 0.3) is 0 Å². The van der Waals surface area contributed by atoms with Crippen LogP contribution < -0.4 is 0 Å². The third-order valence-corrected chi connectivity index (χ3v) is 2.12. The second kappa shape index (κ2) is 3.83. The Labute approximate surface area is 70.6 Å². The fourth-order valence-electron chi connectivity index (χ4n) is 1.50. The zero-order valence-corrected chi connectivity index (χ0v) is 6.69. The van der Waals surface area contributed by atoms with Gasteiger partial charge in [0, 0.05) is 0 Å². The molecule has 1 fully saturated rings. The Balaban J connectivity index is 2.55. The molecule has 1 saturated carbocycles. The molecule has 12 heavy (non-hydrogen) atoms. The van der Waals surface area contributed by atoms with Gasteiger partial charge in [-0.1, -0.05) is 6.42 Å². The zero-order valence-electron chi connectivity index (χ0n) is 6.69. The molecule has 0 aromatic heterocycles. The molecule has 0 amide bonds. The summed E-state index contributed by atoms with van der Waals surface area (Å²) >= 11 is 0. The highest BCUT2D eigenvalue weighted by Gasteiger charge is 2.34. The minimum absolute atomic E-state index is 0.517. The van der Waals surface area contributed by atoms with E-state index in [-0.39, 0.29) is 0 Å². The van der Waals surface area contributed by atoms with Gasteiger partial charge in [-0.25, -0.2) is 0 Å². The minimum atomic E-state index is -1.09. The predicted octanol–water partition coefficient (Wildman–Crippen LogP) is 1.33. The summed E-state index contributed by atoms with van der Waals surface area (Å²) in [5, 5.41) is 26.6. The first-order valence-corrected chi connectivity index (χ1v) is 3.95. The van der Waals surface area contributed by atoms with E-state index in [1.54, 1.807) is 0 Å². The van der Waals surface area contributed by atoms with Gasteiger partial charge >= 0.3 is 0 Å². The first-order valence-electron chi connectivity index (χ1n) is 3.95. The first-order chi connectivity index (χ1) is 5.68. The van der Waals surface area contributed by atoms with E-state index < -0.39 is 11.0 Å². The van der Waals surface area contributed by atoms with Crippen LogP contribution in [0, 0.1) is 16.5 Å². The summed E-state index contributed by atoms with van der Waals surface area (Å²) in [6.45, 7) is 0. The third-order valence-electron chi connectivity index (χ3n) is 2.12. The lowest BCUT2D eigenvalue weighted by Gasteiger charge is -2.34. The molecule has 5 heteroatoms. The van der Waals surface area contributed by atoms with Crippen LogP contribution in [-0.2, 0) is 4.84 Å². The van der Waals surface area contributed by atoms with Gasteiger partial charge in [-0.15, -0.1) is 5.39 Å². The van der Waals surface area contributed by atoms with Crippen LogP contribution in [0.2, 0.25) is 0 Å².